The van der Waals surface area contributed by atoms with E-state index in [1.165, 1.54) is 31.4 Å². The maximum Gasteiger partial charge on any atom is 0.264 e. The number of carbonyl (C=O) groups is 1. The smallest absolute Gasteiger partial charge is 0.264 e. The molecular formula is C41H52N6O4S. The third-order valence-electron chi connectivity index (χ3n) is 9.78. The Balaban J connectivity index is 1.46. The number of carbonyl (C=O) groups excluding carboxylic acids is 1. The molecule has 10 nitrogen and oxygen atoms in total. The number of sulfonamides is 1. The number of amides is 1. The second kappa shape index (κ2) is 15.2. The summed E-state index contributed by atoms with van der Waals surface area (Å²) < 4.78 is 36.9. The summed E-state index contributed by atoms with van der Waals surface area (Å²) in [7, 11) is -4.19. The molecule has 0 unspecified atom stereocenters. The highest BCUT2D eigenvalue weighted by Crippen LogP contribution is 2.37. The molecule has 0 saturated carbocycles. The van der Waals surface area contributed by atoms with Gasteiger partial charge in [-0.3, -0.25) is 9.78 Å². The Morgan fingerprint density at radius 3 is 2.23 bits per heavy atom. The summed E-state index contributed by atoms with van der Waals surface area (Å²) in [5.74, 6) is 0.185. The third-order valence-corrected chi connectivity index (χ3v) is 11.1. The molecule has 1 fully saturated rings. The molecule has 0 aliphatic carbocycles. The SMILES string of the molecule is CC(C)c1cccc(C(C)C)c1-c1cc2nc(n1)NS(=O)(=O)c1cccc(c1)C(=O)N(Cc1ccc(N3CCCCC3)cn1)[C@H](CC(C)(C)C)CO2. The number of pyridine rings is 1. The zero-order chi connectivity index (χ0) is 37.2. The number of anilines is 2. The minimum absolute atomic E-state index is 0.0594. The molecule has 6 rings (SSSR count). The number of hydrogen-bond donors (Lipinski definition) is 1. The molecule has 52 heavy (non-hydrogen) atoms. The van der Waals surface area contributed by atoms with Gasteiger partial charge in [0.05, 0.1) is 40.8 Å². The number of nitrogens with zero attached hydrogens (tertiary/aromatic N) is 5. The van der Waals surface area contributed by atoms with Crippen LogP contribution in [0.2, 0.25) is 0 Å². The quantitative estimate of drug-likeness (QED) is 0.202. The molecule has 2 aliphatic rings. The van der Waals surface area contributed by atoms with Crippen molar-refractivity contribution in [2.24, 2.45) is 5.41 Å². The lowest BCUT2D eigenvalue weighted by molar-refractivity contribution is 0.0509. The molecule has 0 radical (unpaired) electrons. The minimum atomic E-state index is -4.19. The van der Waals surface area contributed by atoms with Crippen molar-refractivity contribution in [2.45, 2.75) is 103 Å². The van der Waals surface area contributed by atoms with Crippen LogP contribution in [-0.4, -0.2) is 59.9 Å². The first-order valence-corrected chi connectivity index (χ1v) is 20.0. The number of hydrogen-bond acceptors (Lipinski definition) is 8. The van der Waals surface area contributed by atoms with E-state index in [0.29, 0.717) is 12.1 Å². The lowest BCUT2D eigenvalue weighted by atomic mass is 9.87. The zero-order valence-electron chi connectivity index (χ0n) is 31.5. The van der Waals surface area contributed by atoms with Gasteiger partial charge in [0.1, 0.15) is 6.61 Å². The number of nitrogens with one attached hydrogen (secondary N) is 1. The molecule has 2 aromatic heterocycles. The summed E-state index contributed by atoms with van der Waals surface area (Å²) in [4.78, 5) is 32.8. The molecule has 0 spiro atoms. The average Bonchev–Trinajstić information content (AvgIpc) is 3.11. The van der Waals surface area contributed by atoms with Gasteiger partial charge >= 0.3 is 0 Å². The number of benzene rings is 2. The van der Waals surface area contributed by atoms with Crippen LogP contribution in [0.25, 0.3) is 11.3 Å². The van der Waals surface area contributed by atoms with E-state index in [4.69, 9.17) is 14.7 Å². The van der Waals surface area contributed by atoms with E-state index in [2.05, 4.69) is 87.3 Å². The van der Waals surface area contributed by atoms with Crippen LogP contribution >= 0.6 is 0 Å². The number of rotatable bonds is 7. The van der Waals surface area contributed by atoms with Crippen molar-refractivity contribution in [3.63, 3.8) is 0 Å². The van der Waals surface area contributed by atoms with Crippen LogP contribution in [0.15, 0.2) is 71.8 Å². The van der Waals surface area contributed by atoms with Crippen molar-refractivity contribution >= 4 is 27.6 Å². The van der Waals surface area contributed by atoms with Gasteiger partial charge in [-0.25, -0.2) is 18.1 Å². The Kier molecular flexibility index (Phi) is 10.9. The van der Waals surface area contributed by atoms with Crippen LogP contribution in [0.4, 0.5) is 11.6 Å². The van der Waals surface area contributed by atoms with Gasteiger partial charge in [0, 0.05) is 30.3 Å². The maximum atomic E-state index is 14.6. The minimum Gasteiger partial charge on any atom is -0.475 e. The molecule has 276 valence electrons. The summed E-state index contributed by atoms with van der Waals surface area (Å²) >= 11 is 0. The second-order valence-corrected chi connectivity index (χ2v) is 17.6. The summed E-state index contributed by atoms with van der Waals surface area (Å²) in [6.07, 6.45) is 6.09. The van der Waals surface area contributed by atoms with E-state index in [-0.39, 0.29) is 58.6 Å². The normalized spacial score (nSPS) is 17.9. The predicted octanol–water partition coefficient (Wildman–Crippen LogP) is 8.42. The molecule has 1 amide bonds. The van der Waals surface area contributed by atoms with Crippen molar-refractivity contribution in [1.29, 1.82) is 0 Å². The largest absolute Gasteiger partial charge is 0.475 e. The molecule has 1 saturated heterocycles. The van der Waals surface area contributed by atoms with E-state index >= 15 is 0 Å². The highest BCUT2D eigenvalue weighted by molar-refractivity contribution is 7.92. The molecule has 4 bridgehead atoms. The summed E-state index contributed by atoms with van der Waals surface area (Å²) in [5.41, 5.74) is 5.59. The Morgan fingerprint density at radius 1 is 0.904 bits per heavy atom. The molecule has 2 aliphatic heterocycles. The monoisotopic (exact) mass is 724 g/mol. The van der Waals surface area contributed by atoms with Crippen LogP contribution in [0.5, 0.6) is 5.88 Å². The Bertz CT molecular complexity index is 1970. The lowest BCUT2D eigenvalue weighted by Gasteiger charge is -2.35. The van der Waals surface area contributed by atoms with Crippen LogP contribution in [0, 0.1) is 5.41 Å². The van der Waals surface area contributed by atoms with Gasteiger partial charge < -0.3 is 14.5 Å². The van der Waals surface area contributed by atoms with E-state index in [1.807, 2.05) is 12.3 Å². The molecule has 11 heteroatoms. The van der Waals surface area contributed by atoms with Crippen LogP contribution in [0.1, 0.15) is 113 Å². The van der Waals surface area contributed by atoms with Gasteiger partial charge in [0.15, 0.2) is 0 Å². The molecule has 2 aromatic carbocycles. The fourth-order valence-corrected chi connectivity index (χ4v) is 8.19. The lowest BCUT2D eigenvalue weighted by Crippen LogP contribution is -2.45. The first kappa shape index (κ1) is 37.3. The van der Waals surface area contributed by atoms with Crippen molar-refractivity contribution in [2.75, 3.05) is 29.3 Å². The van der Waals surface area contributed by atoms with Crippen LogP contribution in [0.3, 0.4) is 0 Å². The highest BCUT2D eigenvalue weighted by Gasteiger charge is 2.32. The zero-order valence-corrected chi connectivity index (χ0v) is 32.3. The first-order chi connectivity index (χ1) is 24.7. The Hall–Kier alpha value is -4.51. The average molecular weight is 725 g/mol. The molecule has 4 aromatic rings. The number of ether oxygens (including phenoxy) is 1. The van der Waals surface area contributed by atoms with Crippen molar-refractivity contribution in [3.05, 3.63) is 89.2 Å². The number of aromatic nitrogens is 3. The van der Waals surface area contributed by atoms with Gasteiger partial charge in [-0.05, 0) is 84.4 Å². The van der Waals surface area contributed by atoms with Gasteiger partial charge in [-0.2, -0.15) is 4.98 Å². The van der Waals surface area contributed by atoms with Crippen molar-refractivity contribution in [3.8, 4) is 17.1 Å². The summed E-state index contributed by atoms with van der Waals surface area (Å²) in [6.45, 7) is 17.3. The topological polar surface area (TPSA) is 118 Å². The summed E-state index contributed by atoms with van der Waals surface area (Å²) in [6, 6.07) is 17.8. The molecule has 4 heterocycles. The van der Waals surface area contributed by atoms with Crippen LogP contribution < -0.4 is 14.4 Å². The van der Waals surface area contributed by atoms with Crippen molar-refractivity contribution in [1.82, 2.24) is 19.9 Å². The van der Waals surface area contributed by atoms with Gasteiger partial charge in [0.2, 0.25) is 11.8 Å². The van der Waals surface area contributed by atoms with Crippen molar-refractivity contribution < 1.29 is 17.9 Å². The van der Waals surface area contributed by atoms with Gasteiger partial charge in [-0.15, -0.1) is 0 Å². The van der Waals surface area contributed by atoms with E-state index in [1.54, 1.807) is 23.1 Å². The fraction of sp³-hybridized carbons (Fsp3) is 0.463. The standard InChI is InChI=1S/C41H52N6O4S/c1-27(2)34-15-12-16-35(28(3)4)38(34)36-22-37-44-40(43-36)45-52(49,50)33-14-11-13-29(21-33)39(48)47(32(26-51-37)23-41(5,6)7)25-30-17-18-31(24-42-30)46-19-9-8-10-20-46/h11-18,21-22,24,27-28,32H,8-10,19-20,23,25-26H2,1-7H3,(H,43,44,45)/t32-/m1/s1. The third kappa shape index (κ3) is 8.57. The van der Waals surface area contributed by atoms with E-state index in [0.717, 1.165) is 41.2 Å². The van der Waals surface area contributed by atoms with E-state index < -0.39 is 16.1 Å². The molecule has 1 atom stereocenters. The number of piperidine rings is 1. The molecular weight excluding hydrogens is 673 g/mol. The van der Waals surface area contributed by atoms with Gasteiger partial charge in [-0.1, -0.05) is 72.7 Å². The number of fused-ring (bicyclic) bond motifs is 4. The highest BCUT2D eigenvalue weighted by atomic mass is 32.2. The predicted molar refractivity (Wildman–Crippen MR) is 206 cm³/mol. The van der Waals surface area contributed by atoms with E-state index in [9.17, 15) is 13.2 Å². The molecule has 1 N–H and O–H groups in total. The fourth-order valence-electron chi connectivity index (χ4n) is 7.20. The summed E-state index contributed by atoms with van der Waals surface area (Å²) in [5, 5.41) is 0. The maximum absolute atomic E-state index is 14.6. The van der Waals surface area contributed by atoms with Crippen LogP contribution in [-0.2, 0) is 16.6 Å². The second-order valence-electron chi connectivity index (χ2n) is 15.9. The first-order valence-electron chi connectivity index (χ1n) is 18.5. The Labute approximate surface area is 309 Å². The van der Waals surface area contributed by atoms with Gasteiger partial charge in [0.25, 0.3) is 15.9 Å². The Morgan fingerprint density at radius 2 is 1.60 bits per heavy atom.